The van der Waals surface area contributed by atoms with Gasteiger partial charge in [-0.15, -0.1) is 0 Å². The molecule has 0 fully saturated rings. The molecule has 1 heterocycles. The van der Waals surface area contributed by atoms with E-state index in [9.17, 15) is 5.11 Å². The quantitative estimate of drug-likeness (QED) is 0.361. The highest BCUT2D eigenvalue weighted by Crippen LogP contribution is 2.38. The number of anilines is 1. The van der Waals surface area contributed by atoms with Gasteiger partial charge < -0.3 is 20.1 Å². The number of rotatable bonds is 5. The molecule has 5 nitrogen and oxygen atoms in total. The number of phenolic OH excluding ortho intramolecular Hbond substituents is 1. The number of benzene rings is 4. The maximum atomic E-state index is 10.9. The first-order chi connectivity index (χ1) is 14.7. The number of fused-ring (bicyclic) bond motifs is 2. The summed E-state index contributed by atoms with van der Waals surface area (Å²) < 4.78 is 5.32. The predicted molar refractivity (Wildman–Crippen MR) is 120 cm³/mol. The molecule has 30 heavy (non-hydrogen) atoms. The minimum Gasteiger partial charge on any atom is -0.508 e. The summed E-state index contributed by atoms with van der Waals surface area (Å²) in [4.78, 5) is 8.00. The van der Waals surface area contributed by atoms with Crippen LogP contribution in [0.25, 0.3) is 21.8 Å². The van der Waals surface area contributed by atoms with Gasteiger partial charge in [-0.2, -0.15) is 0 Å². The first-order valence-electron chi connectivity index (χ1n) is 9.79. The number of nitrogens with zero attached hydrogens (tertiary/aromatic N) is 1. The fourth-order valence-corrected chi connectivity index (χ4v) is 3.86. The Balaban J connectivity index is 1.67. The number of para-hydroxylation sites is 2. The van der Waals surface area contributed by atoms with E-state index in [1.807, 2.05) is 78.9 Å². The molecule has 0 aliphatic heterocycles. The first-order valence-corrected chi connectivity index (χ1v) is 9.79. The maximum Gasteiger partial charge on any atom is 0.201 e. The molecule has 5 aromatic rings. The Kier molecular flexibility index (Phi) is 4.48. The van der Waals surface area contributed by atoms with Crippen LogP contribution in [0.15, 0.2) is 84.9 Å². The minimum absolute atomic E-state index is 0.234. The zero-order valence-corrected chi connectivity index (χ0v) is 16.5. The number of aromatic nitrogens is 2. The Morgan fingerprint density at radius 2 is 1.67 bits per heavy atom. The highest BCUT2D eigenvalue weighted by Gasteiger charge is 2.22. The van der Waals surface area contributed by atoms with E-state index in [-0.39, 0.29) is 11.8 Å². The van der Waals surface area contributed by atoms with E-state index in [1.54, 1.807) is 13.2 Å². The summed E-state index contributed by atoms with van der Waals surface area (Å²) in [5.74, 6) is 1.66. The number of aromatic amines is 1. The Morgan fingerprint density at radius 3 is 2.47 bits per heavy atom. The van der Waals surface area contributed by atoms with Crippen LogP contribution in [0.5, 0.6) is 11.5 Å². The van der Waals surface area contributed by atoms with Gasteiger partial charge in [-0.3, -0.25) is 0 Å². The van der Waals surface area contributed by atoms with Crippen molar-refractivity contribution in [3.8, 4) is 11.5 Å². The Morgan fingerprint density at radius 1 is 0.900 bits per heavy atom. The van der Waals surface area contributed by atoms with Gasteiger partial charge in [0.15, 0.2) is 0 Å². The number of imidazole rings is 1. The van der Waals surface area contributed by atoms with Crippen molar-refractivity contribution in [3.05, 3.63) is 96.1 Å². The van der Waals surface area contributed by atoms with Gasteiger partial charge in [0.2, 0.25) is 5.95 Å². The van der Waals surface area contributed by atoms with Crippen molar-refractivity contribution >= 4 is 27.8 Å². The molecule has 1 unspecified atom stereocenters. The molecule has 1 atom stereocenters. The van der Waals surface area contributed by atoms with E-state index < -0.39 is 0 Å². The van der Waals surface area contributed by atoms with E-state index in [0.717, 1.165) is 38.7 Å². The van der Waals surface area contributed by atoms with Gasteiger partial charge in [0.05, 0.1) is 24.2 Å². The SMILES string of the molecule is COc1ccc(C(Nc2nc3ccccc3[nH]2)c2c(O)ccc3ccccc23)cc1. The van der Waals surface area contributed by atoms with Gasteiger partial charge in [-0.05, 0) is 46.7 Å². The number of hydrogen-bond acceptors (Lipinski definition) is 4. The number of aromatic hydroxyl groups is 1. The second kappa shape index (κ2) is 7.44. The molecule has 3 N–H and O–H groups in total. The van der Waals surface area contributed by atoms with Gasteiger partial charge in [-0.25, -0.2) is 4.98 Å². The van der Waals surface area contributed by atoms with Gasteiger partial charge >= 0.3 is 0 Å². The number of H-pyrrole nitrogens is 1. The van der Waals surface area contributed by atoms with E-state index in [2.05, 4.69) is 15.3 Å². The number of ether oxygens (including phenoxy) is 1. The van der Waals surface area contributed by atoms with Gasteiger partial charge in [-0.1, -0.05) is 54.6 Å². The Labute approximate surface area is 174 Å². The Bertz CT molecular complexity index is 1290. The summed E-state index contributed by atoms with van der Waals surface area (Å²) in [5, 5.41) is 16.4. The fourth-order valence-electron chi connectivity index (χ4n) is 3.86. The van der Waals surface area contributed by atoms with Crippen LogP contribution in [0.1, 0.15) is 17.2 Å². The zero-order chi connectivity index (χ0) is 20.5. The molecule has 1 aromatic heterocycles. The molecule has 0 amide bonds. The third kappa shape index (κ3) is 3.20. The molecule has 4 aromatic carbocycles. The summed E-state index contributed by atoms with van der Waals surface area (Å²) in [7, 11) is 1.65. The van der Waals surface area contributed by atoms with Crippen molar-refractivity contribution in [1.29, 1.82) is 0 Å². The van der Waals surface area contributed by atoms with E-state index in [1.165, 1.54) is 0 Å². The monoisotopic (exact) mass is 395 g/mol. The van der Waals surface area contributed by atoms with Crippen molar-refractivity contribution in [3.63, 3.8) is 0 Å². The first kappa shape index (κ1) is 18.1. The molecule has 148 valence electrons. The number of phenols is 1. The molecule has 0 radical (unpaired) electrons. The standard InChI is InChI=1S/C25H21N3O2/c1-30-18-13-10-17(11-14-18)24(28-25-26-20-8-4-5-9-21(20)27-25)23-19-7-3-2-6-16(19)12-15-22(23)29/h2-15,24,29H,1H3,(H2,26,27,28). The minimum atomic E-state index is -0.317. The van der Waals surface area contributed by atoms with Crippen LogP contribution in [0, 0.1) is 0 Å². The lowest BCUT2D eigenvalue weighted by Gasteiger charge is -2.22. The lowest BCUT2D eigenvalue weighted by molar-refractivity contribution is 0.414. The van der Waals surface area contributed by atoms with Crippen molar-refractivity contribution in [1.82, 2.24) is 9.97 Å². The second-order valence-electron chi connectivity index (χ2n) is 7.17. The van der Waals surface area contributed by atoms with Gasteiger partial charge in [0.25, 0.3) is 0 Å². The van der Waals surface area contributed by atoms with Crippen LogP contribution >= 0.6 is 0 Å². The van der Waals surface area contributed by atoms with Crippen molar-refractivity contribution in [2.75, 3.05) is 12.4 Å². The van der Waals surface area contributed by atoms with E-state index >= 15 is 0 Å². The summed E-state index contributed by atoms with van der Waals surface area (Å²) >= 11 is 0. The average Bonchev–Trinajstić information content (AvgIpc) is 3.20. The molecule has 0 saturated heterocycles. The molecular formula is C25H21N3O2. The summed E-state index contributed by atoms with van der Waals surface area (Å²) in [6.45, 7) is 0. The third-order valence-electron chi connectivity index (χ3n) is 5.36. The fraction of sp³-hybridized carbons (Fsp3) is 0.0800. The highest BCUT2D eigenvalue weighted by atomic mass is 16.5. The molecule has 5 heteroatoms. The summed E-state index contributed by atoms with van der Waals surface area (Å²) in [6, 6.07) is 27.2. The van der Waals surface area contributed by atoms with Crippen molar-refractivity contribution in [2.24, 2.45) is 0 Å². The largest absolute Gasteiger partial charge is 0.508 e. The van der Waals surface area contributed by atoms with Crippen LogP contribution in [-0.4, -0.2) is 22.2 Å². The topological polar surface area (TPSA) is 70.2 Å². The van der Waals surface area contributed by atoms with Crippen LogP contribution in [-0.2, 0) is 0 Å². The van der Waals surface area contributed by atoms with Gasteiger partial charge in [0.1, 0.15) is 11.5 Å². The lowest BCUT2D eigenvalue weighted by Crippen LogP contribution is -2.14. The smallest absolute Gasteiger partial charge is 0.201 e. The number of nitrogens with one attached hydrogen (secondary N) is 2. The summed E-state index contributed by atoms with van der Waals surface area (Å²) in [5.41, 5.74) is 3.63. The van der Waals surface area contributed by atoms with Crippen LogP contribution in [0.4, 0.5) is 5.95 Å². The normalized spacial score (nSPS) is 12.2. The molecule has 0 aliphatic carbocycles. The molecule has 0 spiro atoms. The predicted octanol–water partition coefficient (Wildman–Crippen LogP) is 5.63. The van der Waals surface area contributed by atoms with E-state index in [4.69, 9.17) is 4.74 Å². The molecule has 5 rings (SSSR count). The van der Waals surface area contributed by atoms with Crippen molar-refractivity contribution in [2.45, 2.75) is 6.04 Å². The molecular weight excluding hydrogens is 374 g/mol. The summed E-state index contributed by atoms with van der Waals surface area (Å²) in [6.07, 6.45) is 0. The van der Waals surface area contributed by atoms with Crippen LogP contribution in [0.2, 0.25) is 0 Å². The molecule has 0 bridgehead atoms. The van der Waals surface area contributed by atoms with E-state index in [0.29, 0.717) is 5.95 Å². The highest BCUT2D eigenvalue weighted by molar-refractivity contribution is 5.89. The van der Waals surface area contributed by atoms with Crippen molar-refractivity contribution < 1.29 is 9.84 Å². The molecule has 0 saturated carbocycles. The lowest BCUT2D eigenvalue weighted by atomic mass is 9.92. The maximum absolute atomic E-state index is 10.9. The average molecular weight is 395 g/mol. The van der Waals surface area contributed by atoms with Gasteiger partial charge in [0, 0.05) is 5.56 Å². The molecule has 0 aliphatic rings. The third-order valence-corrected chi connectivity index (χ3v) is 5.36. The number of hydrogen-bond donors (Lipinski definition) is 3. The Hall–Kier alpha value is -3.99. The van der Waals surface area contributed by atoms with Crippen LogP contribution < -0.4 is 10.1 Å². The van der Waals surface area contributed by atoms with Crippen LogP contribution in [0.3, 0.4) is 0 Å². The number of methoxy groups -OCH3 is 1. The second-order valence-corrected chi connectivity index (χ2v) is 7.17. The zero-order valence-electron chi connectivity index (χ0n) is 16.5.